The Balaban J connectivity index is 1.47. The van der Waals surface area contributed by atoms with Gasteiger partial charge in [-0.25, -0.2) is 4.79 Å². The molecule has 25 heavy (non-hydrogen) atoms. The minimum Gasteiger partial charge on any atom is -0.450 e. The lowest BCUT2D eigenvalue weighted by Crippen LogP contribution is -2.31. The molecule has 0 aliphatic heterocycles. The maximum atomic E-state index is 12.0. The van der Waals surface area contributed by atoms with Crippen LogP contribution in [0.1, 0.15) is 29.0 Å². The van der Waals surface area contributed by atoms with Crippen LogP contribution in [-0.2, 0) is 9.53 Å². The summed E-state index contributed by atoms with van der Waals surface area (Å²) >= 11 is 0. The molecule has 0 aliphatic carbocycles. The van der Waals surface area contributed by atoms with Gasteiger partial charge in [-0.1, -0.05) is 55.5 Å². The maximum absolute atomic E-state index is 12.0. The molecule has 0 saturated heterocycles. The van der Waals surface area contributed by atoms with E-state index in [9.17, 15) is 9.59 Å². The summed E-state index contributed by atoms with van der Waals surface area (Å²) in [5.74, 6) is -0.724. The average Bonchev–Trinajstić information content (AvgIpc) is 3.09. The number of carbonyl (C=O) groups is 2. The second-order valence-corrected chi connectivity index (χ2v) is 5.84. The van der Waals surface area contributed by atoms with Crippen molar-refractivity contribution in [2.45, 2.75) is 12.8 Å². The first-order valence-corrected chi connectivity index (χ1v) is 8.11. The topological polar surface area (TPSA) is 68.5 Å². The van der Waals surface area contributed by atoms with Crippen LogP contribution in [0.25, 0.3) is 11.0 Å². The first kappa shape index (κ1) is 16.8. The van der Waals surface area contributed by atoms with Crippen molar-refractivity contribution in [2.24, 2.45) is 0 Å². The Morgan fingerprint density at radius 1 is 1.08 bits per heavy atom. The average molecular weight is 337 g/mol. The van der Waals surface area contributed by atoms with Crippen LogP contribution < -0.4 is 5.32 Å². The Hall–Kier alpha value is -3.08. The predicted octanol–water partition coefficient (Wildman–Crippen LogP) is 3.51. The number of nitrogens with one attached hydrogen (secondary N) is 1. The number of hydrogen-bond donors (Lipinski definition) is 1. The molecule has 0 unspecified atom stereocenters. The van der Waals surface area contributed by atoms with Crippen molar-refractivity contribution in [2.75, 3.05) is 13.2 Å². The van der Waals surface area contributed by atoms with Crippen molar-refractivity contribution in [3.05, 3.63) is 72.0 Å². The van der Waals surface area contributed by atoms with Crippen molar-refractivity contribution in [1.82, 2.24) is 5.32 Å². The van der Waals surface area contributed by atoms with Gasteiger partial charge in [0.25, 0.3) is 5.91 Å². The van der Waals surface area contributed by atoms with Gasteiger partial charge in [-0.2, -0.15) is 0 Å². The van der Waals surface area contributed by atoms with Gasteiger partial charge in [0.1, 0.15) is 5.58 Å². The highest BCUT2D eigenvalue weighted by Gasteiger charge is 2.15. The Morgan fingerprint density at radius 3 is 2.56 bits per heavy atom. The summed E-state index contributed by atoms with van der Waals surface area (Å²) in [6, 6.07) is 18.8. The van der Waals surface area contributed by atoms with Gasteiger partial charge in [-0.3, -0.25) is 4.79 Å². The van der Waals surface area contributed by atoms with Crippen LogP contribution in [0.15, 0.2) is 65.1 Å². The lowest BCUT2D eigenvalue weighted by molar-refractivity contribution is -0.124. The zero-order valence-electron chi connectivity index (χ0n) is 13.9. The van der Waals surface area contributed by atoms with Crippen LogP contribution in [0.5, 0.6) is 0 Å². The van der Waals surface area contributed by atoms with Gasteiger partial charge in [0.05, 0.1) is 0 Å². The summed E-state index contributed by atoms with van der Waals surface area (Å²) in [6.07, 6.45) is 0. The van der Waals surface area contributed by atoms with Crippen LogP contribution in [0.4, 0.5) is 0 Å². The van der Waals surface area contributed by atoms with E-state index in [1.807, 2.05) is 55.5 Å². The minimum atomic E-state index is -0.651. The van der Waals surface area contributed by atoms with Crippen LogP contribution in [0.3, 0.4) is 0 Å². The first-order chi connectivity index (χ1) is 12.1. The van der Waals surface area contributed by atoms with E-state index >= 15 is 0 Å². The van der Waals surface area contributed by atoms with Crippen LogP contribution >= 0.6 is 0 Å². The molecule has 1 atom stereocenters. The van der Waals surface area contributed by atoms with Crippen LogP contribution in [-0.4, -0.2) is 25.0 Å². The highest BCUT2D eigenvalue weighted by Crippen LogP contribution is 2.19. The molecule has 0 radical (unpaired) electrons. The minimum absolute atomic E-state index is 0.0895. The summed E-state index contributed by atoms with van der Waals surface area (Å²) < 4.78 is 10.4. The molecule has 1 heterocycles. The number of amides is 1. The van der Waals surface area contributed by atoms with Crippen LogP contribution in [0, 0.1) is 0 Å². The van der Waals surface area contributed by atoms with E-state index in [1.165, 1.54) is 0 Å². The fraction of sp³-hybridized carbons (Fsp3) is 0.200. The number of rotatable bonds is 6. The number of para-hydroxylation sites is 1. The van der Waals surface area contributed by atoms with Gasteiger partial charge in [0.15, 0.2) is 6.61 Å². The Bertz CT molecular complexity index is 837. The molecule has 5 heteroatoms. The number of furan rings is 1. The molecular formula is C20H19NO4. The van der Waals surface area contributed by atoms with Crippen molar-refractivity contribution < 1.29 is 18.7 Å². The third kappa shape index (κ3) is 4.26. The SMILES string of the molecule is C[C@@H](CNC(=O)COC(=O)c1cc2ccccc2o1)c1ccccc1. The molecule has 0 spiro atoms. The van der Waals surface area contributed by atoms with E-state index < -0.39 is 5.97 Å². The molecule has 2 aromatic carbocycles. The second kappa shape index (κ2) is 7.66. The van der Waals surface area contributed by atoms with Crippen molar-refractivity contribution >= 4 is 22.8 Å². The van der Waals surface area contributed by atoms with Gasteiger partial charge < -0.3 is 14.5 Å². The maximum Gasteiger partial charge on any atom is 0.374 e. The van der Waals surface area contributed by atoms with E-state index in [1.54, 1.807) is 12.1 Å². The van der Waals surface area contributed by atoms with E-state index in [-0.39, 0.29) is 24.2 Å². The smallest absolute Gasteiger partial charge is 0.374 e. The molecule has 5 nitrogen and oxygen atoms in total. The predicted molar refractivity (Wildman–Crippen MR) is 94.4 cm³/mol. The van der Waals surface area contributed by atoms with Crippen LogP contribution in [0.2, 0.25) is 0 Å². The van der Waals surface area contributed by atoms with Gasteiger partial charge in [0.2, 0.25) is 5.76 Å². The summed E-state index contributed by atoms with van der Waals surface area (Å²) in [4.78, 5) is 23.9. The molecule has 0 aliphatic rings. The van der Waals surface area contributed by atoms with E-state index in [4.69, 9.17) is 9.15 Å². The highest BCUT2D eigenvalue weighted by molar-refractivity contribution is 5.93. The van der Waals surface area contributed by atoms with Gasteiger partial charge in [-0.15, -0.1) is 0 Å². The Labute approximate surface area is 145 Å². The fourth-order valence-electron chi connectivity index (χ4n) is 2.50. The Morgan fingerprint density at radius 2 is 1.80 bits per heavy atom. The van der Waals surface area contributed by atoms with E-state index in [0.717, 1.165) is 10.9 Å². The van der Waals surface area contributed by atoms with E-state index in [0.29, 0.717) is 12.1 Å². The quantitative estimate of drug-likeness (QED) is 0.699. The molecule has 3 rings (SSSR count). The highest BCUT2D eigenvalue weighted by atomic mass is 16.5. The van der Waals surface area contributed by atoms with Crippen molar-refractivity contribution in [3.63, 3.8) is 0 Å². The molecule has 0 bridgehead atoms. The van der Waals surface area contributed by atoms with Gasteiger partial charge in [-0.05, 0) is 23.6 Å². The van der Waals surface area contributed by atoms with E-state index in [2.05, 4.69) is 5.32 Å². The third-order valence-corrected chi connectivity index (χ3v) is 3.94. The molecule has 1 N–H and O–H groups in total. The summed E-state index contributed by atoms with van der Waals surface area (Å²) in [7, 11) is 0. The zero-order valence-corrected chi connectivity index (χ0v) is 13.9. The monoisotopic (exact) mass is 337 g/mol. The molecule has 128 valence electrons. The first-order valence-electron chi connectivity index (χ1n) is 8.11. The number of esters is 1. The molecular weight excluding hydrogens is 318 g/mol. The fourth-order valence-corrected chi connectivity index (χ4v) is 2.50. The standard InChI is InChI=1S/C20H19NO4/c1-14(15-7-3-2-4-8-15)12-21-19(22)13-24-20(23)18-11-16-9-5-6-10-17(16)25-18/h2-11,14H,12-13H2,1H3,(H,21,22)/t14-/m0/s1. The third-order valence-electron chi connectivity index (χ3n) is 3.94. The lowest BCUT2D eigenvalue weighted by atomic mass is 10.0. The molecule has 0 fully saturated rings. The van der Waals surface area contributed by atoms with Crippen molar-refractivity contribution in [3.8, 4) is 0 Å². The normalized spacial score (nSPS) is 11.9. The van der Waals surface area contributed by atoms with Crippen molar-refractivity contribution in [1.29, 1.82) is 0 Å². The second-order valence-electron chi connectivity index (χ2n) is 5.84. The number of ether oxygens (including phenoxy) is 1. The number of carbonyl (C=O) groups excluding carboxylic acids is 2. The number of benzene rings is 2. The van der Waals surface area contributed by atoms with Gasteiger partial charge in [0, 0.05) is 11.9 Å². The number of hydrogen-bond acceptors (Lipinski definition) is 4. The summed E-state index contributed by atoms with van der Waals surface area (Å²) in [5, 5.41) is 3.58. The lowest BCUT2D eigenvalue weighted by Gasteiger charge is -2.13. The molecule has 1 amide bonds. The molecule has 1 aromatic heterocycles. The zero-order chi connectivity index (χ0) is 17.6. The summed E-state index contributed by atoms with van der Waals surface area (Å²) in [5.41, 5.74) is 1.75. The largest absolute Gasteiger partial charge is 0.450 e. The molecule has 0 saturated carbocycles. The number of fused-ring (bicyclic) bond motifs is 1. The molecule has 3 aromatic rings. The van der Waals surface area contributed by atoms with Gasteiger partial charge >= 0.3 is 5.97 Å². The Kier molecular flexibility index (Phi) is 5.14. The summed E-state index contributed by atoms with van der Waals surface area (Å²) in [6.45, 7) is 2.17.